The maximum absolute atomic E-state index is 4.46. The number of piperidine rings is 1. The Morgan fingerprint density at radius 3 is 2.92 bits per heavy atom. The molecule has 1 aromatic heterocycles. The standard InChI is InChI=1S/C19H34N4S.HI/c1-16(2)14-23-10-5-7-17(15-23)13-21-19(20-3)22(4)11-9-18-8-6-12-24-18;/h6,8,12,16-17H,5,7,9-11,13-15H2,1-4H3,(H,20,21);1H. The summed E-state index contributed by atoms with van der Waals surface area (Å²) in [5, 5.41) is 5.74. The summed E-state index contributed by atoms with van der Waals surface area (Å²) in [6.07, 6.45) is 3.74. The summed E-state index contributed by atoms with van der Waals surface area (Å²) < 4.78 is 0. The van der Waals surface area contributed by atoms with Crippen LogP contribution in [-0.4, -0.2) is 62.6 Å². The first-order valence-electron chi connectivity index (χ1n) is 9.25. The van der Waals surface area contributed by atoms with Crippen LogP contribution in [0.4, 0.5) is 0 Å². The van der Waals surface area contributed by atoms with Crippen LogP contribution >= 0.6 is 35.3 Å². The molecule has 0 aromatic carbocycles. The van der Waals surface area contributed by atoms with Crippen LogP contribution in [0.2, 0.25) is 0 Å². The molecule has 2 heterocycles. The van der Waals surface area contributed by atoms with E-state index in [0.29, 0.717) is 0 Å². The number of likely N-dealkylation sites (N-methyl/N-ethyl adjacent to an activating group) is 1. The molecule has 144 valence electrons. The number of rotatable bonds is 7. The second-order valence-electron chi connectivity index (χ2n) is 7.34. The summed E-state index contributed by atoms with van der Waals surface area (Å²) in [5.74, 6) is 2.51. The highest BCUT2D eigenvalue weighted by molar-refractivity contribution is 14.0. The van der Waals surface area contributed by atoms with Gasteiger partial charge in [-0.25, -0.2) is 0 Å². The van der Waals surface area contributed by atoms with Crippen LogP contribution in [0.1, 0.15) is 31.6 Å². The monoisotopic (exact) mass is 478 g/mol. The molecule has 1 aliphatic heterocycles. The third-order valence-electron chi connectivity index (χ3n) is 4.62. The topological polar surface area (TPSA) is 30.9 Å². The van der Waals surface area contributed by atoms with Crippen molar-refractivity contribution in [2.45, 2.75) is 33.1 Å². The van der Waals surface area contributed by atoms with Crippen LogP contribution in [-0.2, 0) is 6.42 Å². The highest BCUT2D eigenvalue weighted by Gasteiger charge is 2.20. The molecule has 4 nitrogen and oxygen atoms in total. The van der Waals surface area contributed by atoms with Crippen LogP contribution in [0.25, 0.3) is 0 Å². The number of nitrogens with one attached hydrogen (secondary N) is 1. The van der Waals surface area contributed by atoms with E-state index >= 15 is 0 Å². The molecule has 1 saturated heterocycles. The van der Waals surface area contributed by atoms with E-state index in [-0.39, 0.29) is 24.0 Å². The quantitative estimate of drug-likeness (QED) is 0.368. The first-order chi connectivity index (χ1) is 11.6. The van der Waals surface area contributed by atoms with Crippen molar-refractivity contribution in [2.24, 2.45) is 16.8 Å². The van der Waals surface area contributed by atoms with Crippen molar-refractivity contribution < 1.29 is 0 Å². The van der Waals surface area contributed by atoms with Gasteiger partial charge in [0.05, 0.1) is 0 Å². The highest BCUT2D eigenvalue weighted by Crippen LogP contribution is 2.17. The molecule has 0 aliphatic carbocycles. The molecule has 0 saturated carbocycles. The van der Waals surface area contributed by atoms with Crippen LogP contribution in [0.15, 0.2) is 22.5 Å². The van der Waals surface area contributed by atoms with Crippen molar-refractivity contribution in [1.82, 2.24) is 15.1 Å². The van der Waals surface area contributed by atoms with E-state index in [1.165, 1.54) is 37.4 Å². The average molecular weight is 478 g/mol. The van der Waals surface area contributed by atoms with Crippen LogP contribution < -0.4 is 5.32 Å². The molecular weight excluding hydrogens is 443 g/mol. The fourth-order valence-electron chi connectivity index (χ4n) is 3.46. The summed E-state index contributed by atoms with van der Waals surface area (Å²) in [5.41, 5.74) is 0. The van der Waals surface area contributed by atoms with E-state index < -0.39 is 0 Å². The van der Waals surface area contributed by atoms with Gasteiger partial charge in [-0.2, -0.15) is 0 Å². The maximum Gasteiger partial charge on any atom is 0.193 e. The lowest BCUT2D eigenvalue weighted by molar-refractivity contribution is 0.159. The van der Waals surface area contributed by atoms with Crippen molar-refractivity contribution in [2.75, 3.05) is 46.8 Å². The van der Waals surface area contributed by atoms with Crippen molar-refractivity contribution >= 4 is 41.3 Å². The Labute approximate surface area is 175 Å². The Morgan fingerprint density at radius 1 is 1.48 bits per heavy atom. The molecule has 0 bridgehead atoms. The van der Waals surface area contributed by atoms with E-state index in [1.807, 2.05) is 18.4 Å². The summed E-state index contributed by atoms with van der Waals surface area (Å²) in [6, 6.07) is 4.33. The van der Waals surface area contributed by atoms with E-state index in [9.17, 15) is 0 Å². The Bertz CT molecular complexity index is 490. The predicted octanol–water partition coefficient (Wildman–Crippen LogP) is 3.78. The molecule has 6 heteroatoms. The molecule has 0 amide bonds. The number of hydrogen-bond acceptors (Lipinski definition) is 3. The molecule has 1 aromatic rings. The number of thiophene rings is 1. The number of likely N-dealkylation sites (tertiary alicyclic amines) is 1. The first-order valence-corrected chi connectivity index (χ1v) is 10.1. The number of aliphatic imine (C=N–C) groups is 1. The molecule has 1 atom stereocenters. The maximum atomic E-state index is 4.46. The second-order valence-corrected chi connectivity index (χ2v) is 8.37. The van der Waals surface area contributed by atoms with Gasteiger partial charge in [-0.05, 0) is 49.1 Å². The molecule has 0 spiro atoms. The zero-order valence-electron chi connectivity index (χ0n) is 16.2. The lowest BCUT2D eigenvalue weighted by Gasteiger charge is -2.34. The Kier molecular flexibility index (Phi) is 11.0. The average Bonchev–Trinajstić information content (AvgIpc) is 3.06. The zero-order chi connectivity index (χ0) is 17.4. The third kappa shape index (κ3) is 8.26. The van der Waals surface area contributed by atoms with Gasteiger partial charge in [-0.15, -0.1) is 35.3 Å². The minimum atomic E-state index is 0. The first kappa shape index (κ1) is 22.7. The Morgan fingerprint density at radius 2 is 2.28 bits per heavy atom. The van der Waals surface area contributed by atoms with Gasteiger partial charge in [0.2, 0.25) is 0 Å². The summed E-state index contributed by atoms with van der Waals surface area (Å²) in [6.45, 7) is 10.4. The van der Waals surface area contributed by atoms with Gasteiger partial charge in [-0.3, -0.25) is 4.99 Å². The van der Waals surface area contributed by atoms with Crippen molar-refractivity contribution in [3.63, 3.8) is 0 Å². The van der Waals surface area contributed by atoms with E-state index in [2.05, 4.69) is 58.5 Å². The minimum Gasteiger partial charge on any atom is -0.356 e. The molecule has 1 N–H and O–H groups in total. The second kappa shape index (κ2) is 12.1. The van der Waals surface area contributed by atoms with E-state index in [0.717, 1.165) is 37.3 Å². The lowest BCUT2D eigenvalue weighted by Crippen LogP contribution is -2.45. The highest BCUT2D eigenvalue weighted by atomic mass is 127. The molecule has 1 unspecified atom stereocenters. The molecule has 1 fully saturated rings. The molecule has 25 heavy (non-hydrogen) atoms. The fraction of sp³-hybridized carbons (Fsp3) is 0.737. The zero-order valence-corrected chi connectivity index (χ0v) is 19.3. The molecule has 1 aliphatic rings. The summed E-state index contributed by atoms with van der Waals surface area (Å²) >= 11 is 1.83. The van der Waals surface area contributed by atoms with Crippen molar-refractivity contribution in [3.05, 3.63) is 22.4 Å². The van der Waals surface area contributed by atoms with Crippen LogP contribution in [0, 0.1) is 11.8 Å². The van der Waals surface area contributed by atoms with Gasteiger partial charge < -0.3 is 15.1 Å². The largest absolute Gasteiger partial charge is 0.356 e. The Hall–Kier alpha value is -0.340. The predicted molar refractivity (Wildman–Crippen MR) is 121 cm³/mol. The van der Waals surface area contributed by atoms with Gasteiger partial charge in [-0.1, -0.05) is 19.9 Å². The van der Waals surface area contributed by atoms with Gasteiger partial charge in [0, 0.05) is 45.2 Å². The summed E-state index contributed by atoms with van der Waals surface area (Å²) in [7, 11) is 4.02. The van der Waals surface area contributed by atoms with Gasteiger partial charge >= 0.3 is 0 Å². The molecule has 0 radical (unpaired) electrons. The smallest absolute Gasteiger partial charge is 0.193 e. The minimum absolute atomic E-state index is 0. The normalized spacial score (nSPS) is 18.9. The van der Waals surface area contributed by atoms with Crippen LogP contribution in [0.5, 0.6) is 0 Å². The fourth-order valence-corrected chi connectivity index (χ4v) is 4.16. The van der Waals surface area contributed by atoms with Gasteiger partial charge in [0.25, 0.3) is 0 Å². The summed E-state index contributed by atoms with van der Waals surface area (Å²) in [4.78, 5) is 10.8. The number of nitrogens with zero attached hydrogens (tertiary/aromatic N) is 3. The molecular formula is C19H35IN4S. The van der Waals surface area contributed by atoms with Crippen molar-refractivity contribution in [3.8, 4) is 0 Å². The van der Waals surface area contributed by atoms with Crippen LogP contribution in [0.3, 0.4) is 0 Å². The van der Waals surface area contributed by atoms with Gasteiger partial charge in [0.1, 0.15) is 0 Å². The van der Waals surface area contributed by atoms with Crippen molar-refractivity contribution in [1.29, 1.82) is 0 Å². The van der Waals surface area contributed by atoms with Gasteiger partial charge in [0.15, 0.2) is 5.96 Å². The lowest BCUT2D eigenvalue weighted by atomic mass is 9.97. The third-order valence-corrected chi connectivity index (χ3v) is 5.56. The number of guanidine groups is 1. The Balaban J connectivity index is 0.00000312. The van der Waals surface area contributed by atoms with E-state index in [1.54, 1.807) is 0 Å². The van der Waals surface area contributed by atoms with E-state index in [4.69, 9.17) is 0 Å². The SMILES string of the molecule is CN=C(NCC1CCCN(CC(C)C)C1)N(C)CCc1cccs1.I. The number of hydrogen-bond donors (Lipinski definition) is 1. The molecule has 2 rings (SSSR count). The number of halogens is 1.